The summed E-state index contributed by atoms with van der Waals surface area (Å²) in [6.45, 7) is 7.56. The molecule has 1 aromatic carbocycles. The minimum Gasteiger partial charge on any atom is -0.480 e. The third-order valence-electron chi connectivity index (χ3n) is 3.45. The van der Waals surface area contributed by atoms with Gasteiger partial charge in [0.05, 0.1) is 4.92 Å². The number of carbonyl (C=O) groups excluding carboxylic acids is 1. The Kier molecular flexibility index (Phi) is 5.84. The fraction of sp³-hybridized carbons (Fsp3) is 0.500. The van der Waals surface area contributed by atoms with E-state index in [1.807, 2.05) is 20.8 Å². The number of carbonyl (C=O) groups is 2. The third kappa shape index (κ3) is 5.69. The number of carboxylic acid groups (broad SMARTS) is 1. The molecule has 0 radical (unpaired) electrons. The van der Waals surface area contributed by atoms with Crippen molar-refractivity contribution in [3.8, 4) is 0 Å². The second-order valence-electron chi connectivity index (χ2n) is 6.72. The van der Waals surface area contributed by atoms with Crippen molar-refractivity contribution in [1.29, 1.82) is 0 Å². The number of aliphatic carboxylic acids is 1. The second-order valence-corrected chi connectivity index (χ2v) is 6.72. The molecule has 0 aromatic heterocycles. The molecule has 0 fully saturated rings. The number of nitro groups is 1. The summed E-state index contributed by atoms with van der Waals surface area (Å²) < 4.78 is 0. The first kappa shape index (κ1) is 18.6. The molecule has 1 atom stereocenters. The number of aryl methyl sites for hydroxylation is 1. The maximum Gasteiger partial charge on any atom is 0.326 e. The number of benzene rings is 1. The van der Waals surface area contributed by atoms with Crippen molar-refractivity contribution in [2.75, 3.05) is 0 Å². The van der Waals surface area contributed by atoms with Crippen LogP contribution in [-0.2, 0) is 4.79 Å². The molecule has 2 N–H and O–H groups in total. The maximum atomic E-state index is 12.2. The molecule has 1 rings (SSSR count). The Bertz CT molecular complexity index is 619. The Labute approximate surface area is 134 Å². The fourth-order valence-electron chi connectivity index (χ4n) is 2.09. The molecule has 23 heavy (non-hydrogen) atoms. The fourth-order valence-corrected chi connectivity index (χ4v) is 2.09. The minimum absolute atomic E-state index is 0.0400. The van der Waals surface area contributed by atoms with Crippen molar-refractivity contribution in [2.24, 2.45) is 5.41 Å². The molecule has 0 aliphatic heterocycles. The summed E-state index contributed by atoms with van der Waals surface area (Å²) in [6.07, 6.45) is 0.958. The predicted octanol–water partition coefficient (Wildman–Crippen LogP) is 2.91. The number of non-ortho nitro benzene ring substituents is 1. The van der Waals surface area contributed by atoms with Gasteiger partial charge >= 0.3 is 5.97 Å². The van der Waals surface area contributed by atoms with Crippen molar-refractivity contribution >= 4 is 17.6 Å². The molecule has 7 nitrogen and oxygen atoms in total. The second kappa shape index (κ2) is 7.21. The minimum atomic E-state index is -1.10. The molecule has 0 bridgehead atoms. The highest BCUT2D eigenvalue weighted by Gasteiger charge is 2.24. The van der Waals surface area contributed by atoms with Crippen LogP contribution in [-0.4, -0.2) is 27.9 Å². The summed E-state index contributed by atoms with van der Waals surface area (Å²) in [4.78, 5) is 33.7. The molecule has 1 aromatic rings. The lowest BCUT2D eigenvalue weighted by Crippen LogP contribution is -2.41. The SMILES string of the molecule is Cc1cc([N+](=O)[O-])ccc1C(=O)NC(CCC(C)(C)C)C(=O)O. The largest absolute Gasteiger partial charge is 0.480 e. The average molecular weight is 322 g/mol. The highest BCUT2D eigenvalue weighted by molar-refractivity contribution is 5.98. The van der Waals surface area contributed by atoms with E-state index in [9.17, 15) is 24.8 Å². The smallest absolute Gasteiger partial charge is 0.326 e. The first-order valence-electron chi connectivity index (χ1n) is 7.30. The van der Waals surface area contributed by atoms with Gasteiger partial charge in [-0.3, -0.25) is 14.9 Å². The number of hydrogen-bond acceptors (Lipinski definition) is 4. The van der Waals surface area contributed by atoms with E-state index in [1.165, 1.54) is 18.2 Å². The average Bonchev–Trinajstić information content (AvgIpc) is 2.41. The lowest BCUT2D eigenvalue weighted by molar-refractivity contribution is -0.384. The van der Waals surface area contributed by atoms with Gasteiger partial charge in [0.1, 0.15) is 6.04 Å². The van der Waals surface area contributed by atoms with Gasteiger partial charge in [-0.2, -0.15) is 0 Å². The van der Waals surface area contributed by atoms with Crippen molar-refractivity contribution < 1.29 is 19.6 Å². The van der Waals surface area contributed by atoms with Gasteiger partial charge in [0.15, 0.2) is 0 Å². The van der Waals surface area contributed by atoms with E-state index in [1.54, 1.807) is 6.92 Å². The van der Waals surface area contributed by atoms with Gasteiger partial charge in [0.25, 0.3) is 11.6 Å². The molecule has 0 spiro atoms. The maximum absolute atomic E-state index is 12.2. The summed E-state index contributed by atoms with van der Waals surface area (Å²) in [7, 11) is 0. The highest BCUT2D eigenvalue weighted by atomic mass is 16.6. The van der Waals surface area contributed by atoms with Crippen LogP contribution >= 0.6 is 0 Å². The van der Waals surface area contributed by atoms with Crippen LogP contribution < -0.4 is 5.32 Å². The predicted molar refractivity (Wildman–Crippen MR) is 85.4 cm³/mol. The van der Waals surface area contributed by atoms with Gasteiger partial charge in [-0.1, -0.05) is 20.8 Å². The Balaban J connectivity index is 2.87. The van der Waals surface area contributed by atoms with Gasteiger partial charge in [-0.25, -0.2) is 4.79 Å². The monoisotopic (exact) mass is 322 g/mol. The number of nitrogens with zero attached hydrogens (tertiary/aromatic N) is 1. The highest BCUT2D eigenvalue weighted by Crippen LogP contribution is 2.22. The van der Waals surface area contributed by atoms with Crippen LogP contribution in [0.25, 0.3) is 0 Å². The van der Waals surface area contributed by atoms with E-state index >= 15 is 0 Å². The summed E-state index contributed by atoms with van der Waals surface area (Å²) in [6, 6.07) is 2.87. The normalized spacial score (nSPS) is 12.5. The summed E-state index contributed by atoms with van der Waals surface area (Å²) in [5.74, 6) is -1.64. The Morgan fingerprint density at radius 3 is 2.39 bits per heavy atom. The molecular formula is C16H22N2O5. The van der Waals surface area contributed by atoms with Crippen LogP contribution in [0, 0.1) is 22.5 Å². The molecule has 126 valence electrons. The third-order valence-corrected chi connectivity index (χ3v) is 3.45. The van der Waals surface area contributed by atoms with Gasteiger partial charge in [-0.05, 0) is 36.8 Å². The van der Waals surface area contributed by atoms with Crippen LogP contribution in [0.1, 0.15) is 49.5 Å². The van der Waals surface area contributed by atoms with Crippen molar-refractivity contribution in [2.45, 2.75) is 46.6 Å². The van der Waals surface area contributed by atoms with Gasteiger partial charge in [0.2, 0.25) is 0 Å². The molecule has 0 heterocycles. The van der Waals surface area contributed by atoms with Crippen molar-refractivity contribution in [3.05, 3.63) is 39.4 Å². The van der Waals surface area contributed by atoms with E-state index in [0.29, 0.717) is 18.4 Å². The van der Waals surface area contributed by atoms with Crippen molar-refractivity contribution in [1.82, 2.24) is 5.32 Å². The number of amides is 1. The van der Waals surface area contributed by atoms with Crippen LogP contribution in [0.15, 0.2) is 18.2 Å². The molecular weight excluding hydrogens is 300 g/mol. The Hall–Kier alpha value is -2.44. The molecule has 0 saturated heterocycles. The standard InChI is InChI=1S/C16H22N2O5/c1-10-9-11(18(22)23)5-6-12(10)14(19)17-13(15(20)21)7-8-16(2,3)4/h5-6,9,13H,7-8H2,1-4H3,(H,17,19)(H,20,21). The Morgan fingerprint density at radius 1 is 1.35 bits per heavy atom. The van der Waals surface area contributed by atoms with Gasteiger partial charge < -0.3 is 10.4 Å². The number of carboxylic acids is 1. The van der Waals surface area contributed by atoms with Gasteiger partial charge in [0, 0.05) is 17.7 Å². The number of hydrogen-bond donors (Lipinski definition) is 2. The molecule has 0 aliphatic carbocycles. The Morgan fingerprint density at radius 2 is 1.96 bits per heavy atom. The molecule has 1 amide bonds. The summed E-state index contributed by atoms with van der Waals surface area (Å²) in [5.41, 5.74) is 0.512. The molecule has 0 aliphatic rings. The topological polar surface area (TPSA) is 110 Å². The van der Waals surface area contributed by atoms with E-state index in [2.05, 4.69) is 5.32 Å². The van der Waals surface area contributed by atoms with E-state index < -0.39 is 22.8 Å². The van der Waals surface area contributed by atoms with Crippen LogP contribution in [0.5, 0.6) is 0 Å². The first-order chi connectivity index (χ1) is 10.5. The molecule has 0 saturated carbocycles. The van der Waals surface area contributed by atoms with Crippen molar-refractivity contribution in [3.63, 3.8) is 0 Å². The van der Waals surface area contributed by atoms with Crippen LogP contribution in [0.3, 0.4) is 0 Å². The quantitative estimate of drug-likeness (QED) is 0.618. The van der Waals surface area contributed by atoms with E-state index in [0.717, 1.165) is 0 Å². The number of rotatable bonds is 6. The zero-order valence-electron chi connectivity index (χ0n) is 13.8. The number of nitro benzene ring substituents is 1. The zero-order valence-corrected chi connectivity index (χ0v) is 13.8. The molecule has 7 heteroatoms. The lowest BCUT2D eigenvalue weighted by Gasteiger charge is -2.21. The first-order valence-corrected chi connectivity index (χ1v) is 7.30. The van der Waals surface area contributed by atoms with E-state index in [4.69, 9.17) is 0 Å². The van der Waals surface area contributed by atoms with Gasteiger partial charge in [-0.15, -0.1) is 0 Å². The lowest BCUT2D eigenvalue weighted by atomic mass is 9.88. The molecule has 1 unspecified atom stereocenters. The van der Waals surface area contributed by atoms with E-state index in [-0.39, 0.29) is 16.7 Å². The zero-order chi connectivity index (χ0) is 17.8. The van der Waals surface area contributed by atoms with Crippen LogP contribution in [0.4, 0.5) is 5.69 Å². The van der Waals surface area contributed by atoms with Crippen LogP contribution in [0.2, 0.25) is 0 Å². The summed E-state index contributed by atoms with van der Waals surface area (Å²) >= 11 is 0. The number of nitrogens with one attached hydrogen (secondary N) is 1. The summed E-state index contributed by atoms with van der Waals surface area (Å²) in [5, 5.41) is 22.4.